The monoisotopic (exact) mass is 554 g/mol. The second-order valence-electron chi connectivity index (χ2n) is 10.5. The van der Waals surface area contributed by atoms with E-state index in [0.29, 0.717) is 30.0 Å². The fraction of sp³-hybridized carbons (Fsp3) is 0.448. The van der Waals surface area contributed by atoms with Crippen molar-refractivity contribution in [2.45, 2.75) is 81.8 Å². The first-order chi connectivity index (χ1) is 18.3. The van der Waals surface area contributed by atoms with E-state index >= 15 is 0 Å². The second kappa shape index (κ2) is 11.1. The number of sulfone groups is 1. The first-order valence-electron chi connectivity index (χ1n) is 13.4. The minimum atomic E-state index is -3.51. The van der Waals surface area contributed by atoms with Gasteiger partial charge in [0.25, 0.3) is 0 Å². The molecule has 1 aliphatic carbocycles. The summed E-state index contributed by atoms with van der Waals surface area (Å²) in [5, 5.41) is 6.20. The molecule has 3 aromatic rings. The molecule has 0 saturated heterocycles. The van der Waals surface area contributed by atoms with Gasteiger partial charge in [0.2, 0.25) is 5.95 Å². The molecule has 9 heteroatoms. The Morgan fingerprint density at radius 2 is 1.82 bits per heavy atom. The SMILES string of the molecule is Cc1cc(Nc2ncc(Cl)c(Nc3ccccc3S(=O)(=O)C(C)C)n2)c2c(c1C1CCCCC1)CCCO2. The highest BCUT2D eigenvalue weighted by Gasteiger charge is 2.27. The average Bonchev–Trinajstić information content (AvgIpc) is 2.91. The van der Waals surface area contributed by atoms with Gasteiger partial charge in [-0.05, 0) is 81.7 Å². The molecule has 0 bridgehead atoms. The largest absolute Gasteiger partial charge is 0.491 e. The fourth-order valence-corrected chi connectivity index (χ4v) is 6.95. The standard InChI is InChI=1S/C29H35ClN4O3S/c1-18(2)38(35,36)25-14-8-7-13-23(25)32-28-22(30)17-31-29(34-28)33-24-16-19(3)26(20-10-5-4-6-11-20)21-12-9-15-37-27(21)24/h7-8,13-14,16-18,20H,4-6,9-12,15H2,1-3H3,(H2,31,32,33,34). The summed E-state index contributed by atoms with van der Waals surface area (Å²) in [4.78, 5) is 9.21. The van der Waals surface area contributed by atoms with Gasteiger partial charge in [-0.3, -0.25) is 0 Å². The van der Waals surface area contributed by atoms with Crippen LogP contribution in [0.25, 0.3) is 0 Å². The minimum Gasteiger partial charge on any atom is -0.491 e. The molecule has 2 aromatic carbocycles. The zero-order valence-electron chi connectivity index (χ0n) is 22.2. The summed E-state index contributed by atoms with van der Waals surface area (Å²) >= 11 is 6.44. The van der Waals surface area contributed by atoms with Crippen molar-refractivity contribution in [2.24, 2.45) is 0 Å². The predicted molar refractivity (Wildman–Crippen MR) is 153 cm³/mol. The fourth-order valence-electron chi connectivity index (χ4n) is 5.61. The summed E-state index contributed by atoms with van der Waals surface area (Å²) in [7, 11) is -3.51. The molecule has 1 fully saturated rings. The van der Waals surface area contributed by atoms with Gasteiger partial charge >= 0.3 is 0 Å². The Bertz CT molecular complexity index is 1440. The van der Waals surface area contributed by atoms with Crippen LogP contribution in [-0.4, -0.2) is 30.2 Å². The maximum atomic E-state index is 12.9. The third kappa shape index (κ3) is 5.34. The van der Waals surface area contributed by atoms with Gasteiger partial charge in [-0.2, -0.15) is 4.98 Å². The molecule has 1 saturated carbocycles. The van der Waals surface area contributed by atoms with Gasteiger partial charge in [-0.1, -0.05) is 43.0 Å². The van der Waals surface area contributed by atoms with Gasteiger partial charge < -0.3 is 15.4 Å². The predicted octanol–water partition coefficient (Wildman–Crippen LogP) is 7.48. The van der Waals surface area contributed by atoms with Crippen molar-refractivity contribution in [3.05, 3.63) is 58.2 Å². The van der Waals surface area contributed by atoms with E-state index in [2.05, 4.69) is 33.6 Å². The highest BCUT2D eigenvalue weighted by molar-refractivity contribution is 7.92. The summed E-state index contributed by atoms with van der Waals surface area (Å²) in [6, 6.07) is 8.92. The number of hydrogen-bond acceptors (Lipinski definition) is 7. The van der Waals surface area contributed by atoms with Crippen molar-refractivity contribution in [1.29, 1.82) is 0 Å². The average molecular weight is 555 g/mol. The maximum Gasteiger partial charge on any atom is 0.229 e. The number of aryl methyl sites for hydroxylation is 1. The Balaban J connectivity index is 1.47. The van der Waals surface area contributed by atoms with Crippen LogP contribution in [0.1, 0.15) is 75.0 Å². The van der Waals surface area contributed by atoms with Gasteiger partial charge in [0.05, 0.1) is 34.3 Å². The third-order valence-corrected chi connectivity index (χ3v) is 10.0. The molecule has 5 rings (SSSR count). The number of anilines is 4. The second-order valence-corrected chi connectivity index (χ2v) is 13.4. The van der Waals surface area contributed by atoms with Crippen LogP contribution in [0.5, 0.6) is 5.75 Å². The molecular weight excluding hydrogens is 520 g/mol. The number of benzene rings is 2. The van der Waals surface area contributed by atoms with Crippen molar-refractivity contribution in [2.75, 3.05) is 17.2 Å². The smallest absolute Gasteiger partial charge is 0.229 e. The molecule has 7 nitrogen and oxygen atoms in total. The highest BCUT2D eigenvalue weighted by Crippen LogP contribution is 2.45. The molecule has 2 heterocycles. The molecule has 0 atom stereocenters. The Morgan fingerprint density at radius 1 is 1.05 bits per heavy atom. The van der Waals surface area contributed by atoms with E-state index in [1.54, 1.807) is 38.1 Å². The van der Waals surface area contributed by atoms with Crippen LogP contribution in [0.15, 0.2) is 41.4 Å². The van der Waals surface area contributed by atoms with E-state index < -0.39 is 15.1 Å². The van der Waals surface area contributed by atoms with Crippen LogP contribution in [0.2, 0.25) is 5.02 Å². The van der Waals surface area contributed by atoms with Crippen molar-refractivity contribution < 1.29 is 13.2 Å². The number of halogens is 1. The van der Waals surface area contributed by atoms with Crippen molar-refractivity contribution in [3.63, 3.8) is 0 Å². The summed E-state index contributed by atoms with van der Waals surface area (Å²) in [6.45, 7) is 6.20. The van der Waals surface area contributed by atoms with Crippen LogP contribution in [0, 0.1) is 6.92 Å². The molecule has 0 amide bonds. The van der Waals surface area contributed by atoms with E-state index in [1.807, 2.05) is 0 Å². The van der Waals surface area contributed by atoms with Gasteiger partial charge in [0, 0.05) is 5.56 Å². The number of nitrogens with one attached hydrogen (secondary N) is 2. The van der Waals surface area contributed by atoms with E-state index in [9.17, 15) is 8.42 Å². The number of hydrogen-bond donors (Lipinski definition) is 2. The molecule has 38 heavy (non-hydrogen) atoms. The minimum absolute atomic E-state index is 0.204. The Hall–Kier alpha value is -2.84. The third-order valence-electron chi connectivity index (χ3n) is 7.52. The lowest BCUT2D eigenvalue weighted by Gasteiger charge is -2.31. The van der Waals surface area contributed by atoms with Gasteiger partial charge in [0.15, 0.2) is 15.7 Å². The Kier molecular flexibility index (Phi) is 7.82. The molecule has 1 aliphatic heterocycles. The van der Waals surface area contributed by atoms with E-state index in [4.69, 9.17) is 16.3 Å². The van der Waals surface area contributed by atoms with Gasteiger partial charge in [0.1, 0.15) is 10.8 Å². The van der Waals surface area contributed by atoms with Crippen molar-refractivity contribution in [3.8, 4) is 5.75 Å². The zero-order chi connectivity index (χ0) is 26.9. The van der Waals surface area contributed by atoms with Crippen LogP contribution in [0.4, 0.5) is 23.1 Å². The first kappa shape index (κ1) is 26.8. The van der Waals surface area contributed by atoms with Crippen molar-refractivity contribution >= 4 is 44.6 Å². The Labute approximate surface area is 230 Å². The number of para-hydroxylation sites is 1. The lowest BCUT2D eigenvalue weighted by molar-refractivity contribution is 0.287. The van der Waals surface area contributed by atoms with Crippen LogP contribution >= 0.6 is 11.6 Å². The van der Waals surface area contributed by atoms with Crippen molar-refractivity contribution in [1.82, 2.24) is 9.97 Å². The number of aromatic nitrogens is 2. The number of fused-ring (bicyclic) bond motifs is 1. The molecular formula is C29H35ClN4O3S. The normalized spacial score (nSPS) is 16.1. The number of nitrogens with zero attached hydrogens (tertiary/aromatic N) is 2. The summed E-state index contributed by atoms with van der Waals surface area (Å²) in [5.74, 6) is 2.16. The number of rotatable bonds is 7. The van der Waals surface area contributed by atoms with Gasteiger partial charge in [-0.15, -0.1) is 0 Å². The summed E-state index contributed by atoms with van der Waals surface area (Å²) in [5.41, 5.74) is 5.30. The Morgan fingerprint density at radius 3 is 2.58 bits per heavy atom. The molecule has 2 N–H and O–H groups in total. The quantitative estimate of drug-likeness (QED) is 0.312. The van der Waals surface area contributed by atoms with Gasteiger partial charge in [-0.25, -0.2) is 13.4 Å². The van der Waals surface area contributed by atoms with Crippen LogP contribution < -0.4 is 15.4 Å². The molecule has 0 spiro atoms. The molecule has 202 valence electrons. The number of ether oxygens (including phenoxy) is 1. The summed E-state index contributed by atoms with van der Waals surface area (Å²) in [6.07, 6.45) is 9.91. The van der Waals surface area contributed by atoms with E-state index in [0.717, 1.165) is 24.3 Å². The maximum absolute atomic E-state index is 12.9. The zero-order valence-corrected chi connectivity index (χ0v) is 23.8. The molecule has 0 radical (unpaired) electrons. The van der Waals surface area contributed by atoms with Crippen LogP contribution in [-0.2, 0) is 16.3 Å². The first-order valence-corrected chi connectivity index (χ1v) is 15.4. The topological polar surface area (TPSA) is 93.2 Å². The highest BCUT2D eigenvalue weighted by atomic mass is 35.5. The molecule has 2 aliphatic rings. The summed E-state index contributed by atoms with van der Waals surface area (Å²) < 4.78 is 32.0. The van der Waals surface area contributed by atoms with E-state index in [1.165, 1.54) is 55.0 Å². The lowest BCUT2D eigenvalue weighted by atomic mass is 9.78. The molecule has 0 unspecified atom stereocenters. The molecule has 1 aromatic heterocycles. The lowest BCUT2D eigenvalue weighted by Crippen LogP contribution is -2.17. The van der Waals surface area contributed by atoms with Crippen LogP contribution in [0.3, 0.4) is 0 Å². The van der Waals surface area contributed by atoms with E-state index in [-0.39, 0.29) is 9.92 Å².